The normalized spacial score (nSPS) is 12.5. The largest absolute Gasteiger partial charge is 0.358 e. The van der Waals surface area contributed by atoms with Crippen LogP contribution in [0.2, 0.25) is 0 Å². The smallest absolute Gasteiger partial charge is 0.227 e. The molecular weight excluding hydrogens is 318 g/mol. The first-order valence-corrected chi connectivity index (χ1v) is 9.00. The van der Waals surface area contributed by atoms with Crippen molar-refractivity contribution in [3.63, 3.8) is 0 Å². The molecule has 0 unspecified atom stereocenters. The van der Waals surface area contributed by atoms with Crippen molar-refractivity contribution < 1.29 is 4.79 Å². The van der Waals surface area contributed by atoms with Crippen LogP contribution < -0.4 is 0 Å². The second-order valence-electron chi connectivity index (χ2n) is 6.41. The minimum atomic E-state index is -0.00848. The van der Waals surface area contributed by atoms with Crippen LogP contribution in [0.4, 0.5) is 0 Å². The Hall–Kier alpha value is -2.14. The summed E-state index contributed by atoms with van der Waals surface area (Å²) in [4.78, 5) is 22.4. The van der Waals surface area contributed by atoms with Crippen molar-refractivity contribution in [3.8, 4) is 0 Å². The van der Waals surface area contributed by atoms with E-state index in [1.807, 2.05) is 26.3 Å². The van der Waals surface area contributed by atoms with Gasteiger partial charge in [0.1, 0.15) is 5.01 Å². The van der Waals surface area contributed by atoms with E-state index in [1.54, 1.807) is 22.4 Å². The average Bonchev–Trinajstić information content (AvgIpc) is 3.19. The third-order valence-corrected chi connectivity index (χ3v) is 5.75. The van der Waals surface area contributed by atoms with Crippen LogP contribution in [0.5, 0.6) is 0 Å². The van der Waals surface area contributed by atoms with Crippen LogP contribution in [0.3, 0.4) is 0 Å². The van der Waals surface area contributed by atoms with Gasteiger partial charge in [-0.2, -0.15) is 0 Å². The third-order valence-electron chi connectivity index (χ3n) is 4.80. The van der Waals surface area contributed by atoms with E-state index in [9.17, 15) is 4.79 Å². The number of hydrogen-bond acceptors (Lipinski definition) is 3. The number of amides is 1. The summed E-state index contributed by atoms with van der Waals surface area (Å²) in [5.41, 5.74) is 5.74. The van der Waals surface area contributed by atoms with Gasteiger partial charge < -0.3 is 9.88 Å². The zero-order valence-corrected chi connectivity index (χ0v) is 15.6. The Balaban J connectivity index is 1.91. The quantitative estimate of drug-likeness (QED) is 0.768. The van der Waals surface area contributed by atoms with Gasteiger partial charge in [-0.05, 0) is 44.4 Å². The number of benzene rings is 1. The number of rotatable bonds is 4. The predicted molar refractivity (Wildman–Crippen MR) is 99.5 cm³/mol. The van der Waals surface area contributed by atoms with Crippen molar-refractivity contribution >= 4 is 28.1 Å². The summed E-state index contributed by atoms with van der Waals surface area (Å²) in [5, 5.41) is 4.10. The summed E-state index contributed by atoms with van der Waals surface area (Å²) in [6.07, 6.45) is 2.19. The Morgan fingerprint density at radius 2 is 2.00 bits per heavy atom. The van der Waals surface area contributed by atoms with E-state index in [-0.39, 0.29) is 11.9 Å². The molecule has 0 bridgehead atoms. The van der Waals surface area contributed by atoms with Crippen LogP contribution >= 0.6 is 11.3 Å². The van der Waals surface area contributed by atoms with Gasteiger partial charge in [0.15, 0.2) is 0 Å². The molecule has 0 aliphatic rings. The monoisotopic (exact) mass is 341 g/mol. The summed E-state index contributed by atoms with van der Waals surface area (Å²) in [6, 6.07) is 4.24. The molecular formula is C19H23N3OS. The minimum absolute atomic E-state index is 0.00848. The number of nitrogens with one attached hydrogen (secondary N) is 1. The molecule has 3 aromatic rings. The Morgan fingerprint density at radius 3 is 2.67 bits per heavy atom. The van der Waals surface area contributed by atoms with Crippen LogP contribution in [0.15, 0.2) is 23.7 Å². The third kappa shape index (κ3) is 2.84. The maximum absolute atomic E-state index is 12.8. The van der Waals surface area contributed by atoms with Crippen molar-refractivity contribution in [2.45, 2.75) is 40.2 Å². The van der Waals surface area contributed by atoms with Crippen molar-refractivity contribution in [2.24, 2.45) is 0 Å². The number of hydrogen-bond donors (Lipinski definition) is 1. The Morgan fingerprint density at radius 1 is 1.29 bits per heavy atom. The number of likely N-dealkylation sites (N-methyl/N-ethyl adjacent to an activating group) is 1. The number of thiazole rings is 1. The van der Waals surface area contributed by atoms with E-state index in [0.717, 1.165) is 21.8 Å². The molecule has 24 heavy (non-hydrogen) atoms. The molecule has 126 valence electrons. The second-order valence-corrected chi connectivity index (χ2v) is 7.33. The molecule has 0 spiro atoms. The number of fused-ring (bicyclic) bond motifs is 1. The average molecular weight is 341 g/mol. The Bertz CT molecular complexity index is 880. The lowest BCUT2D eigenvalue weighted by Gasteiger charge is -2.23. The maximum atomic E-state index is 12.8. The fraction of sp³-hybridized carbons (Fsp3) is 0.368. The van der Waals surface area contributed by atoms with Gasteiger partial charge in [-0.3, -0.25) is 4.79 Å². The lowest BCUT2D eigenvalue weighted by Crippen LogP contribution is -2.31. The zero-order chi connectivity index (χ0) is 17.4. The van der Waals surface area contributed by atoms with Crippen molar-refractivity contribution in [3.05, 3.63) is 51.1 Å². The van der Waals surface area contributed by atoms with Crippen LogP contribution in [-0.2, 0) is 11.2 Å². The number of carbonyl (C=O) groups is 1. The van der Waals surface area contributed by atoms with Crippen molar-refractivity contribution in [1.82, 2.24) is 14.9 Å². The molecule has 4 nitrogen and oxygen atoms in total. The molecule has 5 heteroatoms. The second kappa shape index (κ2) is 6.40. The first-order valence-electron chi connectivity index (χ1n) is 8.12. The fourth-order valence-corrected chi connectivity index (χ4v) is 3.87. The minimum Gasteiger partial charge on any atom is -0.358 e. The van der Waals surface area contributed by atoms with Gasteiger partial charge in [-0.1, -0.05) is 12.1 Å². The van der Waals surface area contributed by atoms with Gasteiger partial charge in [0.25, 0.3) is 0 Å². The molecule has 0 aliphatic heterocycles. The molecule has 1 N–H and O–H groups in total. The molecule has 3 rings (SSSR count). The molecule has 0 saturated heterocycles. The summed E-state index contributed by atoms with van der Waals surface area (Å²) in [5.74, 6) is 0.114. The highest BCUT2D eigenvalue weighted by Gasteiger charge is 2.22. The molecule has 0 saturated carbocycles. The number of carbonyl (C=O) groups excluding carboxylic acids is 1. The SMILES string of the molecule is Cc1[nH]c2c(C)ccc(C)c2c1CC(=O)N(C)[C@@H](C)c1nccs1. The van der Waals surface area contributed by atoms with Crippen molar-refractivity contribution in [2.75, 3.05) is 7.05 Å². The van der Waals surface area contributed by atoms with Crippen LogP contribution in [0, 0.1) is 20.8 Å². The van der Waals surface area contributed by atoms with E-state index < -0.39 is 0 Å². The summed E-state index contributed by atoms with van der Waals surface area (Å²) < 4.78 is 0. The molecule has 2 heterocycles. The van der Waals surface area contributed by atoms with Crippen LogP contribution in [0.1, 0.15) is 40.4 Å². The first-order chi connectivity index (χ1) is 11.4. The van der Waals surface area contributed by atoms with E-state index in [1.165, 1.54) is 16.5 Å². The number of nitrogens with zero attached hydrogens (tertiary/aromatic N) is 2. The Kier molecular flexibility index (Phi) is 4.45. The van der Waals surface area contributed by atoms with Gasteiger partial charge in [-0.15, -0.1) is 11.3 Å². The Labute approximate surface area is 146 Å². The molecule has 1 amide bonds. The van der Waals surface area contributed by atoms with E-state index in [4.69, 9.17) is 0 Å². The van der Waals surface area contributed by atoms with Crippen LogP contribution in [0.25, 0.3) is 10.9 Å². The molecule has 0 aliphatic carbocycles. The molecule has 1 atom stereocenters. The van der Waals surface area contributed by atoms with Gasteiger partial charge in [0, 0.05) is 35.2 Å². The summed E-state index contributed by atoms with van der Waals surface area (Å²) in [7, 11) is 1.86. The molecule has 2 aromatic heterocycles. The molecule has 0 fully saturated rings. The summed E-state index contributed by atoms with van der Waals surface area (Å²) >= 11 is 1.58. The predicted octanol–water partition coefficient (Wildman–Crippen LogP) is 4.31. The number of aromatic nitrogens is 2. The van der Waals surface area contributed by atoms with Crippen molar-refractivity contribution in [1.29, 1.82) is 0 Å². The first kappa shape index (κ1) is 16.7. The van der Waals surface area contributed by atoms with Crippen LogP contribution in [-0.4, -0.2) is 27.8 Å². The zero-order valence-electron chi connectivity index (χ0n) is 14.8. The fourth-order valence-electron chi connectivity index (χ4n) is 3.13. The van der Waals surface area contributed by atoms with Gasteiger partial charge in [0.2, 0.25) is 5.91 Å². The van der Waals surface area contributed by atoms with Gasteiger partial charge >= 0.3 is 0 Å². The van der Waals surface area contributed by atoms with Gasteiger partial charge in [-0.25, -0.2) is 4.98 Å². The maximum Gasteiger partial charge on any atom is 0.227 e. The summed E-state index contributed by atoms with van der Waals surface area (Å²) in [6.45, 7) is 8.27. The number of aromatic amines is 1. The van der Waals surface area contributed by atoms with E-state index in [2.05, 4.69) is 35.9 Å². The lowest BCUT2D eigenvalue weighted by atomic mass is 10.0. The lowest BCUT2D eigenvalue weighted by molar-refractivity contribution is -0.131. The number of H-pyrrole nitrogens is 1. The van der Waals surface area contributed by atoms with E-state index >= 15 is 0 Å². The molecule has 1 aromatic carbocycles. The van der Waals surface area contributed by atoms with E-state index in [0.29, 0.717) is 6.42 Å². The molecule has 0 radical (unpaired) electrons. The van der Waals surface area contributed by atoms with Gasteiger partial charge in [0.05, 0.1) is 12.5 Å². The topological polar surface area (TPSA) is 49.0 Å². The standard InChI is InChI=1S/C19H23N3OS/c1-11-6-7-12(2)18-17(11)15(13(3)21-18)10-16(23)22(5)14(4)19-20-8-9-24-19/h6-9,14,21H,10H2,1-5H3/t14-/m0/s1. The highest BCUT2D eigenvalue weighted by atomic mass is 32.1. The highest BCUT2D eigenvalue weighted by Crippen LogP contribution is 2.29. The highest BCUT2D eigenvalue weighted by molar-refractivity contribution is 7.09. The number of aryl methyl sites for hydroxylation is 3.